The van der Waals surface area contributed by atoms with Crippen molar-refractivity contribution < 1.29 is 28.6 Å². The number of rotatable bonds is 44. The largest absolute Gasteiger partial charge is 0.462 e. The van der Waals surface area contributed by atoms with Crippen molar-refractivity contribution in [2.75, 3.05) is 13.2 Å². The maximum absolute atomic E-state index is 12.7. The van der Waals surface area contributed by atoms with E-state index in [0.717, 1.165) is 96.3 Å². The quantitative estimate of drug-likeness (QED) is 0.0262. The van der Waals surface area contributed by atoms with Crippen LogP contribution in [-0.4, -0.2) is 37.2 Å². The van der Waals surface area contributed by atoms with Gasteiger partial charge in [-0.1, -0.05) is 224 Å². The Labute approximate surface area is 404 Å². The van der Waals surface area contributed by atoms with Gasteiger partial charge in [0.15, 0.2) is 6.10 Å². The topological polar surface area (TPSA) is 78.9 Å². The SMILES string of the molecule is CC/C=C\C/C=C\C/C=C\C/C=C\C/C=C\C/C=C\C/C=C\CCCC(=O)OCC(COC(=O)CCCCCCCCCCCC)OC(=O)C/C=C\C/C=C\C/C=C\C/C=C\C/C=C\CC. The molecular weight excluding hydrogens is 817 g/mol. The molecule has 1 unspecified atom stereocenters. The summed E-state index contributed by atoms with van der Waals surface area (Å²) in [4.78, 5) is 37.8. The smallest absolute Gasteiger partial charge is 0.310 e. The van der Waals surface area contributed by atoms with Gasteiger partial charge in [0.1, 0.15) is 13.2 Å². The van der Waals surface area contributed by atoms with Crippen molar-refractivity contribution in [3.63, 3.8) is 0 Å². The number of ether oxygens (including phenoxy) is 3. The molecule has 0 aromatic heterocycles. The van der Waals surface area contributed by atoms with Crippen LogP contribution < -0.4 is 0 Å². The molecule has 0 aliphatic heterocycles. The normalized spacial score (nSPS) is 13.3. The van der Waals surface area contributed by atoms with E-state index in [1.807, 2.05) is 6.08 Å². The van der Waals surface area contributed by atoms with Gasteiger partial charge in [0.05, 0.1) is 6.42 Å². The highest BCUT2D eigenvalue weighted by molar-refractivity contribution is 5.72. The maximum atomic E-state index is 12.7. The Balaban J connectivity index is 4.56. The number of hydrogen-bond donors (Lipinski definition) is 0. The fourth-order valence-electron chi connectivity index (χ4n) is 6.33. The molecule has 0 heterocycles. The number of carbonyl (C=O) groups is 3. The molecule has 0 N–H and O–H groups in total. The van der Waals surface area contributed by atoms with Gasteiger partial charge in [0.25, 0.3) is 0 Å². The van der Waals surface area contributed by atoms with Gasteiger partial charge >= 0.3 is 17.9 Å². The lowest BCUT2D eigenvalue weighted by molar-refractivity contribution is -0.166. The first-order valence-electron chi connectivity index (χ1n) is 25.8. The summed E-state index contributed by atoms with van der Waals surface area (Å²) in [6.45, 7) is 6.23. The van der Waals surface area contributed by atoms with Crippen molar-refractivity contribution in [1.82, 2.24) is 0 Å². The Morgan fingerprint density at radius 1 is 0.333 bits per heavy atom. The lowest BCUT2D eigenvalue weighted by Gasteiger charge is -2.18. The minimum atomic E-state index is -0.859. The molecule has 0 amide bonds. The van der Waals surface area contributed by atoms with Crippen LogP contribution in [0, 0.1) is 0 Å². The molecule has 0 aromatic rings. The third-order valence-electron chi connectivity index (χ3n) is 10.1. The van der Waals surface area contributed by atoms with Gasteiger partial charge in [-0.25, -0.2) is 0 Å². The monoisotopic (exact) mass is 909 g/mol. The maximum Gasteiger partial charge on any atom is 0.310 e. The van der Waals surface area contributed by atoms with Gasteiger partial charge < -0.3 is 14.2 Å². The number of hydrogen-bond acceptors (Lipinski definition) is 6. The lowest BCUT2D eigenvalue weighted by Crippen LogP contribution is -2.30. The molecule has 368 valence electrons. The molecule has 0 rings (SSSR count). The van der Waals surface area contributed by atoms with Crippen molar-refractivity contribution >= 4 is 17.9 Å². The second-order valence-corrected chi connectivity index (χ2v) is 16.3. The van der Waals surface area contributed by atoms with Gasteiger partial charge in [0, 0.05) is 12.8 Å². The van der Waals surface area contributed by atoms with E-state index in [9.17, 15) is 14.4 Å². The number of carbonyl (C=O) groups excluding carboxylic acids is 3. The minimum absolute atomic E-state index is 0.0788. The van der Waals surface area contributed by atoms with E-state index < -0.39 is 12.1 Å². The van der Waals surface area contributed by atoms with Gasteiger partial charge in [0.2, 0.25) is 0 Å². The van der Waals surface area contributed by atoms with Crippen LogP contribution in [0.4, 0.5) is 0 Å². The predicted molar refractivity (Wildman–Crippen MR) is 283 cm³/mol. The minimum Gasteiger partial charge on any atom is -0.462 e. The van der Waals surface area contributed by atoms with E-state index in [1.54, 1.807) is 6.08 Å². The first kappa shape index (κ1) is 61.3. The molecule has 1 atom stereocenters. The highest BCUT2D eigenvalue weighted by atomic mass is 16.6. The predicted octanol–water partition coefficient (Wildman–Crippen LogP) is 17.3. The second-order valence-electron chi connectivity index (χ2n) is 16.3. The summed E-state index contributed by atoms with van der Waals surface area (Å²) >= 11 is 0. The van der Waals surface area contributed by atoms with Crippen LogP contribution in [0.25, 0.3) is 0 Å². The summed E-state index contributed by atoms with van der Waals surface area (Å²) in [5.74, 6) is -1.15. The summed E-state index contributed by atoms with van der Waals surface area (Å²) in [6.07, 6.45) is 75.8. The zero-order valence-corrected chi connectivity index (χ0v) is 41.9. The van der Waals surface area contributed by atoms with Crippen LogP contribution >= 0.6 is 0 Å². The third-order valence-corrected chi connectivity index (χ3v) is 10.1. The number of esters is 3. The van der Waals surface area contributed by atoms with Gasteiger partial charge in [-0.05, 0) is 96.3 Å². The molecule has 6 heteroatoms. The van der Waals surface area contributed by atoms with E-state index >= 15 is 0 Å². The molecule has 0 aliphatic rings. The molecule has 0 aliphatic carbocycles. The van der Waals surface area contributed by atoms with Crippen LogP contribution in [0.1, 0.15) is 194 Å². The molecule has 0 bridgehead atoms. The van der Waals surface area contributed by atoms with E-state index in [0.29, 0.717) is 19.3 Å². The summed E-state index contributed by atoms with van der Waals surface area (Å²) < 4.78 is 16.6. The van der Waals surface area contributed by atoms with E-state index in [1.165, 1.54) is 44.9 Å². The average Bonchev–Trinajstić information content (AvgIpc) is 3.31. The van der Waals surface area contributed by atoms with Crippen LogP contribution in [0.15, 0.2) is 146 Å². The zero-order chi connectivity index (χ0) is 47.9. The fourth-order valence-corrected chi connectivity index (χ4v) is 6.33. The van der Waals surface area contributed by atoms with Crippen molar-refractivity contribution in [3.8, 4) is 0 Å². The Kier molecular flexibility index (Phi) is 49.1. The number of allylic oxidation sites excluding steroid dienone is 23. The van der Waals surface area contributed by atoms with Crippen molar-refractivity contribution in [2.24, 2.45) is 0 Å². The Bertz CT molecular complexity index is 1510. The summed E-state index contributed by atoms with van der Waals surface area (Å²) in [5.41, 5.74) is 0. The highest BCUT2D eigenvalue weighted by Gasteiger charge is 2.19. The van der Waals surface area contributed by atoms with Crippen molar-refractivity contribution in [2.45, 2.75) is 200 Å². The zero-order valence-electron chi connectivity index (χ0n) is 41.9. The van der Waals surface area contributed by atoms with E-state index in [2.05, 4.69) is 154 Å². The fraction of sp³-hybridized carbons (Fsp3) is 0.550. The van der Waals surface area contributed by atoms with E-state index in [4.69, 9.17) is 14.2 Å². The van der Waals surface area contributed by atoms with Crippen LogP contribution in [0.3, 0.4) is 0 Å². The Morgan fingerprint density at radius 3 is 1.00 bits per heavy atom. The Morgan fingerprint density at radius 2 is 0.636 bits per heavy atom. The summed E-state index contributed by atoms with van der Waals surface area (Å²) in [7, 11) is 0. The molecule has 66 heavy (non-hydrogen) atoms. The van der Waals surface area contributed by atoms with E-state index in [-0.39, 0.29) is 38.0 Å². The number of unbranched alkanes of at least 4 members (excludes halogenated alkanes) is 10. The van der Waals surface area contributed by atoms with Crippen LogP contribution in [0.5, 0.6) is 0 Å². The lowest BCUT2D eigenvalue weighted by atomic mass is 10.1. The first-order valence-corrected chi connectivity index (χ1v) is 25.8. The standard InChI is InChI=1S/C60H92O6/c1-4-7-10-13-16-19-22-24-26-27-28-29-30-31-32-33-35-36-38-41-44-47-50-53-59(62)65-56-57(55-64-58(61)52-49-46-43-40-21-18-15-12-9-6-3)66-60(63)54-51-48-45-42-39-37-34-25-23-20-17-14-11-8-5-2/h7-8,10-11,16-17,19-20,24-26,28-29,31-32,34-36,39,41-42,44,48,51,57H,4-6,9,12-15,18,21-23,27,30,33,37-38,40,43,45-47,49-50,52-56H2,1-3H3/b10-7-,11-8-,19-16-,20-17-,26-24-,29-28-,32-31-,34-25-,36-35-,42-39-,44-41-,51-48-. The summed E-state index contributed by atoms with van der Waals surface area (Å²) in [6, 6.07) is 0. The van der Waals surface area contributed by atoms with Gasteiger partial charge in [-0.3, -0.25) is 14.4 Å². The molecule has 0 radical (unpaired) electrons. The molecule has 0 fully saturated rings. The molecule has 0 saturated carbocycles. The van der Waals surface area contributed by atoms with Gasteiger partial charge in [-0.15, -0.1) is 0 Å². The second kappa shape index (κ2) is 52.9. The van der Waals surface area contributed by atoms with Crippen LogP contribution in [0.2, 0.25) is 0 Å². The molecule has 0 saturated heterocycles. The molecule has 0 aromatic carbocycles. The summed E-state index contributed by atoms with van der Waals surface area (Å²) in [5, 5.41) is 0. The average molecular weight is 909 g/mol. The first-order chi connectivity index (χ1) is 32.5. The molecule has 6 nitrogen and oxygen atoms in total. The van der Waals surface area contributed by atoms with Gasteiger partial charge in [-0.2, -0.15) is 0 Å². The van der Waals surface area contributed by atoms with Crippen molar-refractivity contribution in [3.05, 3.63) is 146 Å². The third kappa shape index (κ3) is 50.3. The van der Waals surface area contributed by atoms with Crippen LogP contribution in [-0.2, 0) is 28.6 Å². The highest BCUT2D eigenvalue weighted by Crippen LogP contribution is 2.12. The molecule has 0 spiro atoms. The molecular formula is C60H92O6. The Hall–Kier alpha value is -4.71. The van der Waals surface area contributed by atoms with Crippen molar-refractivity contribution in [1.29, 1.82) is 0 Å².